The predicted molar refractivity (Wildman–Crippen MR) is 208 cm³/mol. The molecule has 3 aromatic carbocycles. The van der Waals surface area contributed by atoms with Crippen molar-refractivity contribution < 1.29 is 19.0 Å². The van der Waals surface area contributed by atoms with Crippen LogP contribution in [-0.2, 0) is 35.7 Å². The second kappa shape index (κ2) is 19.0. The summed E-state index contributed by atoms with van der Waals surface area (Å²) >= 11 is 0. The highest BCUT2D eigenvalue weighted by Crippen LogP contribution is 2.30. The van der Waals surface area contributed by atoms with Crippen LogP contribution in [0.4, 0.5) is 0 Å². The Balaban J connectivity index is 0.00000523. The number of aromatic nitrogens is 2. The molecule has 0 radical (unpaired) electrons. The number of nitrogens with zero attached hydrogens (tertiary/aromatic N) is 4. The van der Waals surface area contributed by atoms with Crippen molar-refractivity contribution in [3.8, 4) is 17.4 Å². The van der Waals surface area contributed by atoms with Crippen LogP contribution in [0.1, 0.15) is 44.5 Å². The molecule has 0 aliphatic carbocycles. The fourth-order valence-corrected chi connectivity index (χ4v) is 6.04. The van der Waals surface area contributed by atoms with Crippen molar-refractivity contribution in [1.29, 1.82) is 0 Å². The largest absolute Gasteiger partial charge is 0.487 e. The van der Waals surface area contributed by atoms with Crippen LogP contribution in [0.3, 0.4) is 0 Å². The summed E-state index contributed by atoms with van der Waals surface area (Å²) in [6, 6.07) is 28.9. The average Bonchev–Trinajstić information content (AvgIpc) is 3.15. The van der Waals surface area contributed by atoms with Gasteiger partial charge in [-0.05, 0) is 103 Å². The van der Waals surface area contributed by atoms with Gasteiger partial charge in [0.15, 0.2) is 0 Å². The molecule has 3 heterocycles. The fraction of sp³-hybridized carbons (Fsp3) is 0.279. The van der Waals surface area contributed by atoms with Crippen LogP contribution in [0, 0.1) is 20.8 Å². The Morgan fingerprint density at radius 3 is 2.10 bits per heavy atom. The lowest BCUT2D eigenvalue weighted by molar-refractivity contribution is -0.127. The Hall–Kier alpha value is -5.02. The number of carbonyl (C=O) groups is 1. The van der Waals surface area contributed by atoms with E-state index in [0.29, 0.717) is 44.5 Å². The van der Waals surface area contributed by atoms with Crippen LogP contribution in [0.5, 0.6) is 17.4 Å². The van der Waals surface area contributed by atoms with Gasteiger partial charge in [-0.2, -0.15) is 0 Å². The summed E-state index contributed by atoms with van der Waals surface area (Å²) in [4.78, 5) is 25.9. The van der Waals surface area contributed by atoms with Crippen molar-refractivity contribution in [3.63, 3.8) is 0 Å². The van der Waals surface area contributed by atoms with Crippen molar-refractivity contribution in [1.82, 2.24) is 19.8 Å². The first-order valence-corrected chi connectivity index (χ1v) is 17.6. The van der Waals surface area contributed by atoms with E-state index in [1.165, 1.54) is 22.3 Å². The van der Waals surface area contributed by atoms with E-state index >= 15 is 0 Å². The molecule has 9 heteroatoms. The summed E-state index contributed by atoms with van der Waals surface area (Å²) in [5.74, 6) is 1.94. The summed E-state index contributed by atoms with van der Waals surface area (Å²) in [7, 11) is 0. The topological polar surface area (TPSA) is 77.0 Å². The number of pyridine rings is 2. The molecule has 1 amide bonds. The minimum Gasteiger partial charge on any atom is -0.487 e. The standard InChI is InChI=1S/C43H46N4O4.ClH/c1-32-4-6-37(7-5-32)30-49-25-18-35-8-10-36(11-9-35)29-46-21-23-47(24-22-46)42(48)15-12-39-26-33(2)43(34(3)27-39)51-41-14-13-40(28-45-41)50-31-38-16-19-44-20-17-38;/h4-17,19-20,26-28H,18,21-25,29-31H2,1-3H3;1H. The zero-order valence-electron chi connectivity index (χ0n) is 30.2. The van der Waals surface area contributed by atoms with Gasteiger partial charge in [0, 0.05) is 57.3 Å². The van der Waals surface area contributed by atoms with Crippen LogP contribution < -0.4 is 9.47 Å². The minimum absolute atomic E-state index is 0. The van der Waals surface area contributed by atoms with E-state index < -0.39 is 0 Å². The molecule has 0 atom stereocenters. The molecule has 270 valence electrons. The van der Waals surface area contributed by atoms with Crippen LogP contribution in [-0.4, -0.2) is 58.5 Å². The average molecular weight is 719 g/mol. The normalized spacial score (nSPS) is 13.2. The first kappa shape index (κ1) is 38.2. The number of piperazine rings is 1. The third-order valence-electron chi connectivity index (χ3n) is 9.01. The zero-order valence-corrected chi connectivity index (χ0v) is 31.0. The Bertz CT molecular complexity index is 1870. The molecular formula is C43H47ClN4O4. The number of amides is 1. The van der Waals surface area contributed by atoms with Crippen molar-refractivity contribution in [2.75, 3.05) is 32.8 Å². The first-order valence-electron chi connectivity index (χ1n) is 17.6. The number of hydrogen-bond donors (Lipinski definition) is 0. The maximum atomic E-state index is 13.1. The van der Waals surface area contributed by atoms with E-state index in [9.17, 15) is 4.79 Å². The van der Waals surface area contributed by atoms with Gasteiger partial charge in [-0.1, -0.05) is 54.1 Å². The third kappa shape index (κ3) is 11.2. The second-order valence-electron chi connectivity index (χ2n) is 13.1. The molecule has 0 N–H and O–H groups in total. The first-order chi connectivity index (χ1) is 24.9. The van der Waals surface area contributed by atoms with E-state index in [-0.39, 0.29) is 18.3 Å². The molecule has 5 aromatic rings. The van der Waals surface area contributed by atoms with Crippen LogP contribution >= 0.6 is 12.4 Å². The van der Waals surface area contributed by atoms with Gasteiger partial charge >= 0.3 is 0 Å². The van der Waals surface area contributed by atoms with Crippen molar-refractivity contribution in [3.05, 3.63) is 154 Å². The van der Waals surface area contributed by atoms with Gasteiger partial charge in [0.25, 0.3) is 0 Å². The van der Waals surface area contributed by atoms with Crippen molar-refractivity contribution in [2.24, 2.45) is 0 Å². The van der Waals surface area contributed by atoms with Gasteiger partial charge < -0.3 is 19.1 Å². The number of halogens is 1. The maximum absolute atomic E-state index is 13.1. The summed E-state index contributed by atoms with van der Waals surface area (Å²) in [5, 5.41) is 0. The van der Waals surface area contributed by atoms with Crippen LogP contribution in [0.2, 0.25) is 0 Å². The summed E-state index contributed by atoms with van der Waals surface area (Å²) in [6.45, 7) is 11.9. The molecule has 0 saturated carbocycles. The van der Waals surface area contributed by atoms with Crippen molar-refractivity contribution >= 4 is 24.4 Å². The van der Waals surface area contributed by atoms with Crippen LogP contribution in [0.25, 0.3) is 6.08 Å². The lowest BCUT2D eigenvalue weighted by Crippen LogP contribution is -2.47. The highest BCUT2D eigenvalue weighted by atomic mass is 35.5. The lowest BCUT2D eigenvalue weighted by atomic mass is 10.1. The molecule has 0 bridgehead atoms. The predicted octanol–water partition coefficient (Wildman–Crippen LogP) is 8.31. The molecule has 2 aromatic heterocycles. The van der Waals surface area contributed by atoms with Gasteiger partial charge in [-0.3, -0.25) is 14.7 Å². The summed E-state index contributed by atoms with van der Waals surface area (Å²) in [5.41, 5.74) is 8.97. The van der Waals surface area contributed by atoms with Gasteiger partial charge in [-0.15, -0.1) is 12.4 Å². The monoisotopic (exact) mass is 718 g/mol. The molecule has 1 fully saturated rings. The third-order valence-corrected chi connectivity index (χ3v) is 9.01. The Labute approximate surface area is 313 Å². The molecule has 0 unspecified atom stereocenters. The van der Waals surface area contributed by atoms with Crippen molar-refractivity contribution in [2.45, 2.75) is 47.0 Å². The van der Waals surface area contributed by atoms with E-state index in [4.69, 9.17) is 14.2 Å². The Kier molecular flexibility index (Phi) is 14.0. The fourth-order valence-electron chi connectivity index (χ4n) is 6.04. The Morgan fingerprint density at radius 2 is 1.42 bits per heavy atom. The Morgan fingerprint density at radius 1 is 0.769 bits per heavy atom. The van der Waals surface area contributed by atoms with Gasteiger partial charge in [-0.25, -0.2) is 4.98 Å². The van der Waals surface area contributed by atoms with Crippen LogP contribution in [0.15, 0.2) is 110 Å². The number of carbonyl (C=O) groups excluding carboxylic acids is 1. The molecule has 6 rings (SSSR count). The summed E-state index contributed by atoms with van der Waals surface area (Å²) < 4.78 is 17.8. The molecule has 0 spiro atoms. The van der Waals surface area contributed by atoms with E-state index in [0.717, 1.165) is 54.1 Å². The SMILES string of the molecule is Cc1ccc(COCCc2ccc(CN3CCN(C(=O)C=Cc4cc(C)c(Oc5ccc(OCc6ccncc6)cn5)c(C)c4)CC3)cc2)cc1.Cl. The summed E-state index contributed by atoms with van der Waals surface area (Å²) in [6.07, 6.45) is 9.62. The number of aryl methyl sites for hydroxylation is 3. The smallest absolute Gasteiger partial charge is 0.246 e. The highest BCUT2D eigenvalue weighted by Gasteiger charge is 2.20. The van der Waals surface area contributed by atoms with Gasteiger partial charge in [0.2, 0.25) is 11.8 Å². The molecule has 1 aliphatic rings. The number of hydrogen-bond acceptors (Lipinski definition) is 7. The quantitative estimate of drug-likeness (QED) is 0.0845. The van der Waals surface area contributed by atoms with E-state index in [1.54, 1.807) is 30.7 Å². The number of ether oxygens (including phenoxy) is 3. The van der Waals surface area contributed by atoms with E-state index in [1.807, 2.05) is 55.2 Å². The van der Waals surface area contributed by atoms with Gasteiger partial charge in [0.1, 0.15) is 18.1 Å². The second-order valence-corrected chi connectivity index (χ2v) is 13.1. The number of benzene rings is 3. The minimum atomic E-state index is 0. The molecule has 8 nitrogen and oxygen atoms in total. The molecular weight excluding hydrogens is 672 g/mol. The molecule has 1 saturated heterocycles. The lowest BCUT2D eigenvalue weighted by Gasteiger charge is -2.34. The maximum Gasteiger partial charge on any atom is 0.246 e. The highest BCUT2D eigenvalue weighted by molar-refractivity contribution is 5.92. The number of rotatable bonds is 14. The molecule has 52 heavy (non-hydrogen) atoms. The zero-order chi connectivity index (χ0) is 35.4. The van der Waals surface area contributed by atoms with E-state index in [2.05, 4.69) is 70.3 Å². The molecule has 1 aliphatic heterocycles. The van der Waals surface area contributed by atoms with Gasteiger partial charge in [0.05, 0.1) is 19.4 Å².